The van der Waals surface area contributed by atoms with Crippen molar-refractivity contribution in [3.63, 3.8) is 0 Å². The molecule has 1 aliphatic carbocycles. The van der Waals surface area contributed by atoms with E-state index in [0.717, 1.165) is 77.3 Å². The lowest BCUT2D eigenvalue weighted by Crippen LogP contribution is -2.48. The molecule has 12 heteroatoms. The van der Waals surface area contributed by atoms with E-state index in [2.05, 4.69) is 81.6 Å². The van der Waals surface area contributed by atoms with Crippen LogP contribution in [0.3, 0.4) is 0 Å². The highest BCUT2D eigenvalue weighted by Crippen LogP contribution is 2.65. The van der Waals surface area contributed by atoms with Crippen molar-refractivity contribution in [3.8, 4) is 17.0 Å². The first-order chi connectivity index (χ1) is 21.4. The summed E-state index contributed by atoms with van der Waals surface area (Å²) >= 11 is 0. The van der Waals surface area contributed by atoms with Gasteiger partial charge in [0.25, 0.3) is 0 Å². The van der Waals surface area contributed by atoms with Gasteiger partial charge in [-0.1, -0.05) is 24.3 Å². The number of carbonyl (C=O) groups is 2. The third-order valence-electron chi connectivity index (χ3n) is 9.10. The summed E-state index contributed by atoms with van der Waals surface area (Å²) < 4.78 is 37.2. The van der Waals surface area contributed by atoms with E-state index in [0.29, 0.717) is 6.04 Å². The number of rotatable bonds is 5. The molecule has 0 radical (unpaired) electrons. The second-order valence-corrected chi connectivity index (χ2v) is 11.9. The van der Waals surface area contributed by atoms with E-state index in [4.69, 9.17) is 14.6 Å². The van der Waals surface area contributed by atoms with Gasteiger partial charge in [-0.15, -0.1) is 0 Å². The van der Waals surface area contributed by atoms with Crippen LogP contribution < -0.4 is 15.0 Å². The molecule has 2 aliphatic heterocycles. The Kier molecular flexibility index (Phi) is 7.72. The number of amides is 1. The normalized spacial score (nSPS) is 21.0. The van der Waals surface area contributed by atoms with Crippen molar-refractivity contribution in [2.75, 3.05) is 43.5 Å². The summed E-state index contributed by atoms with van der Waals surface area (Å²) in [7, 11) is 1.66. The Bertz CT molecular complexity index is 1750. The maximum atomic E-state index is 13.1. The first kappa shape index (κ1) is 30.4. The number of anilines is 2. The molecule has 2 fully saturated rings. The van der Waals surface area contributed by atoms with Crippen LogP contribution in [0, 0.1) is 0 Å². The molecule has 236 valence electrons. The molecule has 1 amide bonds. The fourth-order valence-electron chi connectivity index (χ4n) is 6.50. The molecule has 1 saturated heterocycles. The van der Waals surface area contributed by atoms with Crippen LogP contribution in [-0.4, -0.2) is 77.6 Å². The molecule has 3 N–H and O–H groups in total. The SMILES string of the molecule is COc1ccc2c(c1)[C@]1(C[C@H]1c1ccc3c(-c4ccc(N5CCN(C(C)C)CC5)cc4)n[nH]c3c1)C(=O)N2.O=C(O)C(F)(F)F. The maximum Gasteiger partial charge on any atom is 0.490 e. The number of nitrogens with zero attached hydrogens (tertiary/aromatic N) is 3. The Morgan fingerprint density at radius 3 is 2.36 bits per heavy atom. The number of carboxylic acids is 1. The quantitative estimate of drug-likeness (QED) is 0.259. The van der Waals surface area contributed by atoms with Crippen LogP contribution >= 0.6 is 0 Å². The molecular formula is C33H34F3N5O4. The predicted molar refractivity (Wildman–Crippen MR) is 165 cm³/mol. The number of hydrogen-bond donors (Lipinski definition) is 3. The van der Waals surface area contributed by atoms with Crippen molar-refractivity contribution >= 4 is 34.2 Å². The number of aromatic amines is 1. The van der Waals surface area contributed by atoms with Gasteiger partial charge in [0.2, 0.25) is 5.91 Å². The number of methoxy groups -OCH3 is 1. The minimum absolute atomic E-state index is 0.0851. The van der Waals surface area contributed by atoms with Gasteiger partial charge in [0.1, 0.15) is 5.75 Å². The highest BCUT2D eigenvalue weighted by Gasteiger charge is 2.65. The molecule has 4 aromatic rings. The molecule has 0 unspecified atom stereocenters. The molecular weight excluding hydrogens is 587 g/mol. The van der Waals surface area contributed by atoms with Crippen LogP contribution in [0.25, 0.3) is 22.2 Å². The smallest absolute Gasteiger partial charge is 0.490 e. The molecule has 1 aromatic heterocycles. The number of alkyl halides is 3. The van der Waals surface area contributed by atoms with E-state index in [-0.39, 0.29) is 11.8 Å². The van der Waals surface area contributed by atoms with Crippen molar-refractivity contribution in [2.45, 2.75) is 43.8 Å². The highest BCUT2D eigenvalue weighted by molar-refractivity contribution is 6.10. The molecule has 2 atom stereocenters. The summed E-state index contributed by atoms with van der Waals surface area (Å²) in [5, 5.41) is 19.2. The summed E-state index contributed by atoms with van der Waals surface area (Å²) in [6.07, 6.45) is -4.28. The van der Waals surface area contributed by atoms with Crippen LogP contribution in [0.5, 0.6) is 5.75 Å². The molecule has 45 heavy (non-hydrogen) atoms. The lowest BCUT2D eigenvalue weighted by molar-refractivity contribution is -0.192. The fourth-order valence-corrected chi connectivity index (χ4v) is 6.50. The summed E-state index contributed by atoms with van der Waals surface area (Å²) in [6, 6.07) is 21.7. The molecule has 0 bridgehead atoms. The van der Waals surface area contributed by atoms with Crippen LogP contribution in [0.2, 0.25) is 0 Å². The van der Waals surface area contributed by atoms with Crippen LogP contribution in [0.4, 0.5) is 24.5 Å². The van der Waals surface area contributed by atoms with Crippen LogP contribution in [-0.2, 0) is 15.0 Å². The third kappa shape index (κ3) is 5.58. The van der Waals surface area contributed by atoms with E-state index in [1.807, 2.05) is 18.2 Å². The van der Waals surface area contributed by atoms with Gasteiger partial charge >= 0.3 is 12.1 Å². The van der Waals surface area contributed by atoms with Crippen LogP contribution in [0.1, 0.15) is 37.3 Å². The Morgan fingerprint density at radius 2 is 1.73 bits per heavy atom. The highest BCUT2D eigenvalue weighted by atomic mass is 19.4. The molecule has 1 spiro atoms. The summed E-state index contributed by atoms with van der Waals surface area (Å²) in [6.45, 7) is 8.87. The number of H-pyrrole nitrogens is 1. The Morgan fingerprint density at radius 1 is 1.04 bits per heavy atom. The number of aromatic nitrogens is 2. The van der Waals surface area contributed by atoms with E-state index in [9.17, 15) is 18.0 Å². The average molecular weight is 622 g/mol. The molecule has 3 heterocycles. The van der Waals surface area contributed by atoms with E-state index < -0.39 is 17.6 Å². The van der Waals surface area contributed by atoms with Crippen LogP contribution in [0.15, 0.2) is 60.7 Å². The van der Waals surface area contributed by atoms with Crippen molar-refractivity contribution in [1.82, 2.24) is 15.1 Å². The van der Waals surface area contributed by atoms with Gasteiger partial charge in [0.05, 0.1) is 23.7 Å². The molecule has 1 saturated carbocycles. The number of hydrogen-bond acceptors (Lipinski definition) is 6. The predicted octanol–water partition coefficient (Wildman–Crippen LogP) is 5.78. The summed E-state index contributed by atoms with van der Waals surface area (Å²) in [5.41, 5.74) is 6.93. The molecule has 7 rings (SSSR count). The second kappa shape index (κ2) is 11.4. The van der Waals surface area contributed by atoms with E-state index in [1.54, 1.807) is 7.11 Å². The van der Waals surface area contributed by atoms with Gasteiger partial charge in [0.15, 0.2) is 0 Å². The van der Waals surface area contributed by atoms with Gasteiger partial charge in [-0.3, -0.25) is 14.8 Å². The van der Waals surface area contributed by atoms with Gasteiger partial charge < -0.3 is 20.1 Å². The van der Waals surface area contributed by atoms with Gasteiger partial charge in [-0.25, -0.2) is 4.79 Å². The lowest BCUT2D eigenvalue weighted by atomic mass is 9.91. The number of benzene rings is 3. The van der Waals surface area contributed by atoms with E-state index >= 15 is 0 Å². The standard InChI is InChI=1S/C31H33N5O2.C2HF3O2/c1-19(2)35-12-14-36(15-13-35)22-7-4-20(5-8-22)29-24-10-6-21(16-28(24)33-34-29)26-18-31(26)25-17-23(38-3)9-11-27(25)32-30(31)37;3-2(4,5)1(6)7/h4-11,16-17,19,26H,12-15,18H2,1-3H3,(H,32,37)(H,33,34);(H,6,7)/t26-,31-;/m0./s1. The number of fused-ring (bicyclic) bond motifs is 3. The third-order valence-corrected chi connectivity index (χ3v) is 9.10. The minimum atomic E-state index is -5.08. The van der Waals surface area contributed by atoms with E-state index in [1.165, 1.54) is 5.69 Å². The van der Waals surface area contributed by atoms with Crippen molar-refractivity contribution < 1.29 is 32.6 Å². The largest absolute Gasteiger partial charge is 0.497 e. The van der Waals surface area contributed by atoms with Crippen molar-refractivity contribution in [2.24, 2.45) is 0 Å². The molecule has 3 aliphatic rings. The van der Waals surface area contributed by atoms with Gasteiger partial charge in [-0.05, 0) is 67.8 Å². The summed E-state index contributed by atoms with van der Waals surface area (Å²) in [4.78, 5) is 27.0. The first-order valence-electron chi connectivity index (χ1n) is 14.8. The fraction of sp³-hybridized carbons (Fsp3) is 0.364. The minimum Gasteiger partial charge on any atom is -0.497 e. The number of nitrogens with one attached hydrogen (secondary N) is 2. The molecule has 3 aromatic carbocycles. The Labute approximate surface area is 258 Å². The lowest BCUT2D eigenvalue weighted by Gasteiger charge is -2.38. The average Bonchev–Trinajstić information content (AvgIpc) is 3.55. The number of ether oxygens (including phenoxy) is 1. The van der Waals surface area contributed by atoms with Crippen molar-refractivity contribution in [3.05, 3.63) is 71.8 Å². The number of piperazine rings is 1. The maximum absolute atomic E-state index is 13.1. The zero-order chi connectivity index (χ0) is 32.1. The van der Waals surface area contributed by atoms with Gasteiger partial charge in [-0.2, -0.15) is 18.3 Å². The monoisotopic (exact) mass is 621 g/mol. The number of halogens is 3. The number of carboxylic acid groups (broad SMARTS) is 1. The Balaban J connectivity index is 0.000000460. The summed E-state index contributed by atoms with van der Waals surface area (Å²) in [5.74, 6) is -1.75. The topological polar surface area (TPSA) is 111 Å². The molecule has 9 nitrogen and oxygen atoms in total. The van der Waals surface area contributed by atoms with Gasteiger partial charge in [0, 0.05) is 60.5 Å². The zero-order valence-corrected chi connectivity index (χ0v) is 25.1. The zero-order valence-electron chi connectivity index (χ0n) is 25.1. The van der Waals surface area contributed by atoms with Crippen molar-refractivity contribution in [1.29, 1.82) is 0 Å². The second-order valence-electron chi connectivity index (χ2n) is 11.9. The first-order valence-corrected chi connectivity index (χ1v) is 14.8. The number of aliphatic carboxylic acids is 1. The Hall–Kier alpha value is -4.58. The number of carbonyl (C=O) groups excluding carboxylic acids is 1.